The molecule has 0 bridgehead atoms. The van der Waals surface area contributed by atoms with Crippen molar-refractivity contribution in [2.24, 2.45) is 10.8 Å². The molecule has 0 aromatic heterocycles. The number of hydrogen-bond donors (Lipinski definition) is 1. The first-order valence-electron chi connectivity index (χ1n) is 5.23. The Balaban J connectivity index is 3.40. The summed E-state index contributed by atoms with van der Waals surface area (Å²) in [4.78, 5) is 22.9. The fourth-order valence-electron chi connectivity index (χ4n) is 2.90. The van der Waals surface area contributed by atoms with Crippen LogP contribution in [0.1, 0.15) is 40.5 Å². The van der Waals surface area contributed by atoms with Gasteiger partial charge in [0.25, 0.3) is 0 Å². The lowest BCUT2D eigenvalue weighted by Crippen LogP contribution is -2.48. The molecule has 1 atom stereocenters. The van der Waals surface area contributed by atoms with Gasteiger partial charge in [-0.05, 0) is 24.8 Å². The fourth-order valence-corrected chi connectivity index (χ4v) is 2.90. The molecule has 0 saturated heterocycles. The summed E-state index contributed by atoms with van der Waals surface area (Å²) in [7, 11) is 0. The minimum atomic E-state index is -0.888. The van der Waals surface area contributed by atoms with E-state index in [1.807, 2.05) is 20.8 Å². The molecule has 0 radical (unpaired) electrons. The second kappa shape index (κ2) is 3.47. The van der Waals surface area contributed by atoms with Crippen molar-refractivity contribution in [2.45, 2.75) is 40.5 Å². The molecule has 0 aromatic carbocycles. The highest BCUT2D eigenvalue weighted by atomic mass is 16.4. The van der Waals surface area contributed by atoms with Crippen molar-refractivity contribution < 1.29 is 14.7 Å². The Kier molecular flexibility index (Phi) is 2.77. The first-order valence-corrected chi connectivity index (χ1v) is 5.23. The Morgan fingerprint density at radius 3 is 2.40 bits per heavy atom. The van der Waals surface area contributed by atoms with E-state index in [0.29, 0.717) is 18.4 Å². The van der Waals surface area contributed by atoms with Gasteiger partial charge in [-0.15, -0.1) is 0 Å². The minimum Gasteiger partial charge on any atom is -0.481 e. The molecule has 1 rings (SSSR count). The van der Waals surface area contributed by atoms with Gasteiger partial charge in [-0.3, -0.25) is 9.59 Å². The standard InChI is InChI=1S/C12H18O3/c1-5-12(10(14)15)8(2)6-9(13)7-11(12,3)4/h6H,5,7H2,1-4H3,(H,14,15). The van der Waals surface area contributed by atoms with Gasteiger partial charge in [0.05, 0.1) is 5.41 Å². The molecule has 3 heteroatoms. The van der Waals surface area contributed by atoms with Crippen molar-refractivity contribution in [2.75, 3.05) is 0 Å². The van der Waals surface area contributed by atoms with Gasteiger partial charge in [0.1, 0.15) is 0 Å². The molecule has 0 aromatic rings. The van der Waals surface area contributed by atoms with Crippen LogP contribution in [-0.2, 0) is 9.59 Å². The molecule has 1 unspecified atom stereocenters. The molecule has 0 saturated carbocycles. The molecule has 84 valence electrons. The van der Waals surface area contributed by atoms with E-state index in [1.165, 1.54) is 6.08 Å². The zero-order valence-corrected chi connectivity index (χ0v) is 9.76. The molecule has 1 N–H and O–H groups in total. The predicted molar refractivity (Wildman–Crippen MR) is 57.5 cm³/mol. The number of ketones is 1. The van der Waals surface area contributed by atoms with Crippen LogP contribution >= 0.6 is 0 Å². The van der Waals surface area contributed by atoms with Gasteiger partial charge in [-0.2, -0.15) is 0 Å². The SMILES string of the molecule is CCC1(C(=O)O)C(C)=CC(=O)CC1(C)C. The van der Waals surface area contributed by atoms with Gasteiger partial charge in [0.2, 0.25) is 0 Å². The Hall–Kier alpha value is -1.12. The smallest absolute Gasteiger partial charge is 0.314 e. The molecule has 1 aliphatic carbocycles. The summed E-state index contributed by atoms with van der Waals surface area (Å²) in [5.74, 6) is -0.793. The summed E-state index contributed by atoms with van der Waals surface area (Å²) in [6, 6.07) is 0. The van der Waals surface area contributed by atoms with E-state index in [-0.39, 0.29) is 5.78 Å². The maximum Gasteiger partial charge on any atom is 0.314 e. The molecule has 0 heterocycles. The highest BCUT2D eigenvalue weighted by Crippen LogP contribution is 2.52. The lowest BCUT2D eigenvalue weighted by molar-refractivity contribution is -0.155. The average molecular weight is 210 g/mol. The van der Waals surface area contributed by atoms with E-state index in [0.717, 1.165) is 0 Å². The maximum absolute atomic E-state index is 11.5. The van der Waals surface area contributed by atoms with Crippen LogP contribution < -0.4 is 0 Å². The summed E-state index contributed by atoms with van der Waals surface area (Å²) < 4.78 is 0. The summed E-state index contributed by atoms with van der Waals surface area (Å²) in [6.07, 6.45) is 2.32. The molecular weight excluding hydrogens is 192 g/mol. The topological polar surface area (TPSA) is 54.4 Å². The molecule has 0 fully saturated rings. The normalized spacial score (nSPS) is 29.9. The van der Waals surface area contributed by atoms with Crippen LogP contribution in [-0.4, -0.2) is 16.9 Å². The molecule has 3 nitrogen and oxygen atoms in total. The van der Waals surface area contributed by atoms with E-state index < -0.39 is 16.8 Å². The molecule has 15 heavy (non-hydrogen) atoms. The maximum atomic E-state index is 11.5. The Morgan fingerprint density at radius 2 is 2.07 bits per heavy atom. The van der Waals surface area contributed by atoms with Crippen LogP contribution in [0.3, 0.4) is 0 Å². The highest BCUT2D eigenvalue weighted by molar-refractivity contribution is 5.96. The number of carboxylic acids is 1. The van der Waals surface area contributed by atoms with Gasteiger partial charge in [0.15, 0.2) is 5.78 Å². The van der Waals surface area contributed by atoms with E-state index in [2.05, 4.69) is 0 Å². The van der Waals surface area contributed by atoms with Crippen LogP contribution in [0.4, 0.5) is 0 Å². The van der Waals surface area contributed by atoms with Crippen molar-refractivity contribution in [3.63, 3.8) is 0 Å². The number of hydrogen-bond acceptors (Lipinski definition) is 2. The number of carbonyl (C=O) groups excluding carboxylic acids is 1. The van der Waals surface area contributed by atoms with E-state index in [1.54, 1.807) is 6.92 Å². The Labute approximate surface area is 90.2 Å². The number of carbonyl (C=O) groups is 2. The van der Waals surface area contributed by atoms with Gasteiger partial charge in [-0.25, -0.2) is 0 Å². The lowest BCUT2D eigenvalue weighted by atomic mass is 9.56. The third-order valence-electron chi connectivity index (χ3n) is 3.72. The first kappa shape index (κ1) is 12.0. The summed E-state index contributed by atoms with van der Waals surface area (Å²) in [5, 5.41) is 9.43. The lowest BCUT2D eigenvalue weighted by Gasteiger charge is -2.46. The van der Waals surface area contributed by atoms with Crippen LogP contribution in [0.2, 0.25) is 0 Å². The first-order chi connectivity index (χ1) is 6.78. The zero-order valence-electron chi connectivity index (χ0n) is 9.76. The van der Waals surface area contributed by atoms with Gasteiger partial charge < -0.3 is 5.11 Å². The van der Waals surface area contributed by atoms with Crippen molar-refractivity contribution in [1.29, 1.82) is 0 Å². The van der Waals surface area contributed by atoms with Crippen LogP contribution in [0.15, 0.2) is 11.6 Å². The number of carboxylic acid groups (broad SMARTS) is 1. The van der Waals surface area contributed by atoms with E-state index in [9.17, 15) is 14.7 Å². The summed E-state index contributed by atoms with van der Waals surface area (Å²) in [6.45, 7) is 7.33. The number of rotatable bonds is 2. The van der Waals surface area contributed by atoms with Crippen molar-refractivity contribution in [3.8, 4) is 0 Å². The third kappa shape index (κ3) is 1.50. The minimum absolute atomic E-state index is 0.0304. The molecule has 0 aliphatic heterocycles. The van der Waals surface area contributed by atoms with Crippen LogP contribution in [0.5, 0.6) is 0 Å². The quantitative estimate of drug-likeness (QED) is 0.761. The van der Waals surface area contributed by atoms with Crippen LogP contribution in [0, 0.1) is 10.8 Å². The summed E-state index contributed by atoms with van der Waals surface area (Å²) in [5.41, 5.74) is -0.719. The zero-order chi connectivity index (χ0) is 11.9. The summed E-state index contributed by atoms with van der Waals surface area (Å²) >= 11 is 0. The predicted octanol–water partition coefficient (Wildman–Crippen LogP) is 2.41. The fraction of sp³-hybridized carbons (Fsp3) is 0.667. The highest BCUT2D eigenvalue weighted by Gasteiger charge is 2.53. The van der Waals surface area contributed by atoms with Gasteiger partial charge >= 0.3 is 5.97 Å². The van der Waals surface area contributed by atoms with Crippen molar-refractivity contribution in [1.82, 2.24) is 0 Å². The number of aliphatic carboxylic acids is 1. The molecule has 1 aliphatic rings. The van der Waals surface area contributed by atoms with Crippen LogP contribution in [0.25, 0.3) is 0 Å². The second-order valence-electron chi connectivity index (χ2n) is 4.92. The Morgan fingerprint density at radius 1 is 1.53 bits per heavy atom. The van der Waals surface area contributed by atoms with Gasteiger partial charge in [0, 0.05) is 6.42 Å². The third-order valence-corrected chi connectivity index (χ3v) is 3.72. The monoisotopic (exact) mass is 210 g/mol. The average Bonchev–Trinajstić information content (AvgIpc) is 2.00. The van der Waals surface area contributed by atoms with Gasteiger partial charge in [-0.1, -0.05) is 26.3 Å². The number of allylic oxidation sites excluding steroid dienone is 1. The molecular formula is C12H18O3. The largest absolute Gasteiger partial charge is 0.481 e. The van der Waals surface area contributed by atoms with Crippen molar-refractivity contribution >= 4 is 11.8 Å². The van der Waals surface area contributed by atoms with E-state index in [4.69, 9.17) is 0 Å². The molecule has 0 spiro atoms. The van der Waals surface area contributed by atoms with Crippen molar-refractivity contribution in [3.05, 3.63) is 11.6 Å². The Bertz CT molecular complexity index is 339. The molecule has 0 amide bonds. The second-order valence-corrected chi connectivity index (χ2v) is 4.92. The van der Waals surface area contributed by atoms with E-state index >= 15 is 0 Å².